The summed E-state index contributed by atoms with van der Waals surface area (Å²) >= 11 is 0. The summed E-state index contributed by atoms with van der Waals surface area (Å²) in [6.45, 7) is 9.57. The van der Waals surface area contributed by atoms with Gasteiger partial charge in [0.05, 0.1) is 18.9 Å². The van der Waals surface area contributed by atoms with Gasteiger partial charge in [-0.1, -0.05) is 26.7 Å². The minimum atomic E-state index is -0.496. The van der Waals surface area contributed by atoms with Crippen LogP contribution < -0.4 is 0 Å². The molecule has 1 fully saturated rings. The standard InChI is InChI=1S/C16H28O4/c1-10-8-7-9-12(15(18)19-6)13(10)11(2)14(17)20-16(3,4)5/h10-13H,7-9H2,1-6H3/t10-,11-,12+,13-/m1/s1. The highest BCUT2D eigenvalue weighted by molar-refractivity contribution is 5.77. The third-order valence-electron chi connectivity index (χ3n) is 4.16. The van der Waals surface area contributed by atoms with E-state index in [0.29, 0.717) is 5.92 Å². The molecule has 4 atom stereocenters. The van der Waals surface area contributed by atoms with Gasteiger partial charge < -0.3 is 9.47 Å². The van der Waals surface area contributed by atoms with Crippen molar-refractivity contribution in [2.45, 2.75) is 59.5 Å². The van der Waals surface area contributed by atoms with Crippen molar-refractivity contribution < 1.29 is 19.1 Å². The van der Waals surface area contributed by atoms with Crippen LogP contribution in [0.1, 0.15) is 53.9 Å². The normalized spacial score (nSPS) is 28.6. The molecule has 116 valence electrons. The van der Waals surface area contributed by atoms with Crippen LogP contribution >= 0.6 is 0 Å². The molecule has 1 saturated carbocycles. The third kappa shape index (κ3) is 4.22. The van der Waals surface area contributed by atoms with Crippen molar-refractivity contribution in [1.82, 2.24) is 0 Å². The highest BCUT2D eigenvalue weighted by atomic mass is 16.6. The lowest BCUT2D eigenvalue weighted by atomic mass is 9.67. The lowest BCUT2D eigenvalue weighted by Crippen LogP contribution is -2.41. The van der Waals surface area contributed by atoms with Crippen LogP contribution in [0.4, 0.5) is 0 Å². The summed E-state index contributed by atoms with van der Waals surface area (Å²) in [4.78, 5) is 24.2. The molecule has 0 aromatic rings. The second-order valence-corrected chi connectivity index (χ2v) is 6.94. The molecule has 1 aliphatic rings. The average Bonchev–Trinajstić information content (AvgIpc) is 2.34. The first-order valence-electron chi connectivity index (χ1n) is 7.48. The third-order valence-corrected chi connectivity index (χ3v) is 4.16. The zero-order valence-electron chi connectivity index (χ0n) is 13.6. The van der Waals surface area contributed by atoms with E-state index in [1.54, 1.807) is 0 Å². The molecule has 4 heteroatoms. The summed E-state index contributed by atoms with van der Waals surface area (Å²) in [5, 5.41) is 0. The van der Waals surface area contributed by atoms with Gasteiger partial charge in [0.1, 0.15) is 5.60 Å². The number of carbonyl (C=O) groups excluding carboxylic acids is 2. The van der Waals surface area contributed by atoms with E-state index in [9.17, 15) is 9.59 Å². The first-order valence-corrected chi connectivity index (χ1v) is 7.48. The summed E-state index contributed by atoms with van der Waals surface area (Å²) < 4.78 is 10.4. The van der Waals surface area contributed by atoms with E-state index in [4.69, 9.17) is 9.47 Å². The monoisotopic (exact) mass is 284 g/mol. The predicted molar refractivity (Wildman–Crippen MR) is 77.0 cm³/mol. The van der Waals surface area contributed by atoms with E-state index in [1.165, 1.54) is 7.11 Å². The second-order valence-electron chi connectivity index (χ2n) is 6.94. The van der Waals surface area contributed by atoms with Gasteiger partial charge in [-0.15, -0.1) is 0 Å². The Morgan fingerprint density at radius 2 is 1.80 bits per heavy atom. The molecule has 1 aliphatic carbocycles. The Balaban J connectivity index is 2.87. The van der Waals surface area contributed by atoms with Crippen LogP contribution in [-0.2, 0) is 19.1 Å². The Kier molecular flexibility index (Phi) is 5.60. The van der Waals surface area contributed by atoms with Gasteiger partial charge in [0.15, 0.2) is 0 Å². The molecule has 0 saturated heterocycles. The van der Waals surface area contributed by atoms with E-state index in [0.717, 1.165) is 19.3 Å². The fraction of sp³-hybridized carbons (Fsp3) is 0.875. The average molecular weight is 284 g/mol. The Labute approximate surface area is 122 Å². The Hall–Kier alpha value is -1.06. The molecule has 0 bridgehead atoms. The van der Waals surface area contributed by atoms with Gasteiger partial charge >= 0.3 is 11.9 Å². The highest BCUT2D eigenvalue weighted by Crippen LogP contribution is 2.40. The molecule has 20 heavy (non-hydrogen) atoms. The van der Waals surface area contributed by atoms with E-state index in [2.05, 4.69) is 6.92 Å². The topological polar surface area (TPSA) is 52.6 Å². The number of carbonyl (C=O) groups is 2. The van der Waals surface area contributed by atoms with Gasteiger partial charge in [-0.3, -0.25) is 9.59 Å². The largest absolute Gasteiger partial charge is 0.469 e. The van der Waals surface area contributed by atoms with Crippen molar-refractivity contribution in [2.24, 2.45) is 23.7 Å². The zero-order chi connectivity index (χ0) is 15.5. The molecule has 0 unspecified atom stereocenters. The van der Waals surface area contributed by atoms with Crippen molar-refractivity contribution in [3.05, 3.63) is 0 Å². The van der Waals surface area contributed by atoms with Crippen LogP contribution in [0.25, 0.3) is 0 Å². The summed E-state index contributed by atoms with van der Waals surface area (Å²) in [5.74, 6) is -0.552. The summed E-state index contributed by atoms with van der Waals surface area (Å²) in [6, 6.07) is 0. The fourth-order valence-electron chi connectivity index (χ4n) is 3.26. The van der Waals surface area contributed by atoms with Crippen LogP contribution in [0.15, 0.2) is 0 Å². The first-order chi connectivity index (χ1) is 9.17. The molecule has 1 rings (SSSR count). The summed E-state index contributed by atoms with van der Waals surface area (Å²) in [5.41, 5.74) is -0.496. The van der Waals surface area contributed by atoms with Gasteiger partial charge in [0.25, 0.3) is 0 Å². The van der Waals surface area contributed by atoms with Gasteiger partial charge in [-0.25, -0.2) is 0 Å². The fourth-order valence-corrected chi connectivity index (χ4v) is 3.26. The predicted octanol–water partition coefficient (Wildman–Crippen LogP) is 3.19. The molecule has 0 N–H and O–H groups in total. The Morgan fingerprint density at radius 3 is 2.30 bits per heavy atom. The molecule has 0 amide bonds. The lowest BCUT2D eigenvalue weighted by molar-refractivity contribution is -0.166. The quantitative estimate of drug-likeness (QED) is 0.747. The van der Waals surface area contributed by atoms with Crippen molar-refractivity contribution in [1.29, 1.82) is 0 Å². The number of rotatable bonds is 3. The number of esters is 2. The SMILES string of the molecule is COC(=O)[C@H]1CCC[C@@H](C)[C@@H]1[C@@H](C)C(=O)OC(C)(C)C. The molecule has 0 heterocycles. The molecule has 4 nitrogen and oxygen atoms in total. The van der Waals surface area contributed by atoms with Crippen molar-refractivity contribution in [3.63, 3.8) is 0 Å². The zero-order valence-corrected chi connectivity index (χ0v) is 13.6. The number of hydrogen-bond donors (Lipinski definition) is 0. The van der Waals surface area contributed by atoms with Crippen molar-refractivity contribution in [2.75, 3.05) is 7.11 Å². The lowest BCUT2D eigenvalue weighted by Gasteiger charge is -2.38. The minimum absolute atomic E-state index is 0.00560. The van der Waals surface area contributed by atoms with E-state index >= 15 is 0 Å². The van der Waals surface area contributed by atoms with Crippen LogP contribution in [0.2, 0.25) is 0 Å². The van der Waals surface area contributed by atoms with Crippen molar-refractivity contribution in [3.8, 4) is 0 Å². The van der Waals surface area contributed by atoms with Crippen LogP contribution in [0.5, 0.6) is 0 Å². The van der Waals surface area contributed by atoms with E-state index in [-0.39, 0.29) is 29.7 Å². The van der Waals surface area contributed by atoms with Gasteiger partial charge in [0, 0.05) is 0 Å². The molecule has 0 aromatic heterocycles. The summed E-state index contributed by atoms with van der Waals surface area (Å²) in [6.07, 6.45) is 2.86. The maximum Gasteiger partial charge on any atom is 0.309 e. The number of ether oxygens (including phenoxy) is 2. The Bertz CT molecular complexity index is 356. The maximum absolute atomic E-state index is 12.3. The van der Waals surface area contributed by atoms with Crippen LogP contribution in [0, 0.1) is 23.7 Å². The number of hydrogen-bond acceptors (Lipinski definition) is 4. The second kappa shape index (κ2) is 6.59. The smallest absolute Gasteiger partial charge is 0.309 e. The number of methoxy groups -OCH3 is 1. The van der Waals surface area contributed by atoms with E-state index < -0.39 is 5.60 Å². The van der Waals surface area contributed by atoms with Crippen molar-refractivity contribution >= 4 is 11.9 Å². The maximum atomic E-state index is 12.3. The Morgan fingerprint density at radius 1 is 1.20 bits per heavy atom. The van der Waals surface area contributed by atoms with Gasteiger partial charge in [-0.05, 0) is 39.0 Å². The molecule has 0 aromatic carbocycles. The molecule has 0 aliphatic heterocycles. The van der Waals surface area contributed by atoms with Crippen LogP contribution in [0.3, 0.4) is 0 Å². The van der Waals surface area contributed by atoms with Crippen LogP contribution in [-0.4, -0.2) is 24.6 Å². The summed E-state index contributed by atoms with van der Waals surface area (Å²) in [7, 11) is 1.41. The molecule has 0 spiro atoms. The highest BCUT2D eigenvalue weighted by Gasteiger charge is 2.42. The minimum Gasteiger partial charge on any atom is -0.469 e. The van der Waals surface area contributed by atoms with E-state index in [1.807, 2.05) is 27.7 Å². The van der Waals surface area contributed by atoms with Gasteiger partial charge in [-0.2, -0.15) is 0 Å². The first kappa shape index (κ1) is 17.0. The van der Waals surface area contributed by atoms with Gasteiger partial charge in [0.2, 0.25) is 0 Å². The molecular formula is C16H28O4. The molecule has 0 radical (unpaired) electrons. The molecular weight excluding hydrogens is 256 g/mol.